The van der Waals surface area contributed by atoms with Crippen molar-refractivity contribution in [3.8, 4) is 0 Å². The molecule has 3 rings (SSSR count). The topological polar surface area (TPSA) is 62.3 Å². The molecule has 2 amide bonds. The number of rotatable bonds is 5. The van der Waals surface area contributed by atoms with Gasteiger partial charge < -0.3 is 10.2 Å². The minimum Gasteiger partial charge on any atom is -0.351 e. The van der Waals surface area contributed by atoms with Gasteiger partial charge in [0.15, 0.2) is 0 Å². The maximum atomic E-state index is 12.3. The molecule has 1 saturated heterocycles. The van der Waals surface area contributed by atoms with Gasteiger partial charge in [-0.25, -0.2) is 4.98 Å². The monoisotopic (exact) mass is 361 g/mol. The Bertz CT molecular complexity index is 743. The molecule has 0 saturated carbocycles. The lowest BCUT2D eigenvalue weighted by atomic mass is 10.1. The van der Waals surface area contributed by atoms with Gasteiger partial charge in [-0.05, 0) is 37.4 Å². The highest BCUT2D eigenvalue weighted by atomic mass is 32.2. The van der Waals surface area contributed by atoms with Crippen molar-refractivity contribution in [3.63, 3.8) is 0 Å². The fourth-order valence-electron chi connectivity index (χ4n) is 2.70. The lowest BCUT2D eigenvalue weighted by Gasteiger charge is -2.17. The van der Waals surface area contributed by atoms with Crippen molar-refractivity contribution in [1.82, 2.24) is 10.3 Å². The number of hydrogen-bond donors (Lipinski definition) is 1. The number of benzene rings is 1. The Morgan fingerprint density at radius 3 is 2.79 bits per heavy atom. The molecule has 1 fully saturated rings. The quantitative estimate of drug-likeness (QED) is 0.832. The lowest BCUT2D eigenvalue weighted by molar-refractivity contribution is -0.126. The van der Waals surface area contributed by atoms with Crippen molar-refractivity contribution in [3.05, 3.63) is 40.3 Å². The van der Waals surface area contributed by atoms with E-state index in [1.165, 1.54) is 0 Å². The number of carbonyl (C=O) groups is 2. The Kier molecular flexibility index (Phi) is 5.20. The first kappa shape index (κ1) is 17.0. The van der Waals surface area contributed by atoms with Crippen molar-refractivity contribution in [2.45, 2.75) is 24.8 Å². The van der Waals surface area contributed by atoms with Gasteiger partial charge in [0.1, 0.15) is 0 Å². The van der Waals surface area contributed by atoms with Gasteiger partial charge in [-0.1, -0.05) is 0 Å². The standard InChI is InChI=1S/C17H19N3O2S2/c1-11-18-8-15(24-11)9-19-17(22)12-7-16(21)20(10-12)13-3-5-14(23-2)6-4-13/h3-6,8,12H,7,9-10H2,1-2H3,(H,19,22). The smallest absolute Gasteiger partial charge is 0.227 e. The van der Waals surface area contributed by atoms with E-state index in [-0.39, 0.29) is 24.2 Å². The molecule has 0 aliphatic carbocycles. The van der Waals surface area contributed by atoms with E-state index in [0.29, 0.717) is 13.1 Å². The van der Waals surface area contributed by atoms with Crippen LogP contribution in [0.15, 0.2) is 35.4 Å². The minimum absolute atomic E-state index is 0.000635. The summed E-state index contributed by atoms with van der Waals surface area (Å²) in [7, 11) is 0. The molecular weight excluding hydrogens is 342 g/mol. The van der Waals surface area contributed by atoms with Crippen LogP contribution >= 0.6 is 23.1 Å². The molecule has 1 aromatic heterocycles. The number of nitrogens with zero attached hydrogens (tertiary/aromatic N) is 2. The largest absolute Gasteiger partial charge is 0.351 e. The Morgan fingerprint density at radius 2 is 2.17 bits per heavy atom. The Balaban J connectivity index is 1.59. The van der Waals surface area contributed by atoms with Gasteiger partial charge in [-0.3, -0.25) is 9.59 Å². The minimum atomic E-state index is -0.299. The predicted octanol–water partition coefficient (Wildman–Crippen LogP) is 2.84. The van der Waals surface area contributed by atoms with E-state index in [1.807, 2.05) is 37.4 Å². The summed E-state index contributed by atoms with van der Waals surface area (Å²) in [5.74, 6) is -0.370. The molecule has 0 bridgehead atoms. The van der Waals surface area contributed by atoms with Crippen LogP contribution in [-0.2, 0) is 16.1 Å². The number of carbonyl (C=O) groups excluding carboxylic acids is 2. The van der Waals surface area contributed by atoms with E-state index in [1.54, 1.807) is 34.2 Å². The normalized spacial score (nSPS) is 17.3. The maximum absolute atomic E-state index is 12.3. The van der Waals surface area contributed by atoms with E-state index >= 15 is 0 Å². The molecule has 126 valence electrons. The zero-order valence-corrected chi connectivity index (χ0v) is 15.2. The van der Waals surface area contributed by atoms with Gasteiger partial charge in [-0.2, -0.15) is 0 Å². The molecule has 1 unspecified atom stereocenters. The summed E-state index contributed by atoms with van der Waals surface area (Å²) in [5, 5.41) is 3.90. The average molecular weight is 361 g/mol. The van der Waals surface area contributed by atoms with Crippen LogP contribution in [0.25, 0.3) is 0 Å². The number of aryl methyl sites for hydroxylation is 1. The SMILES string of the molecule is CSc1ccc(N2CC(C(=O)NCc3cnc(C)s3)CC2=O)cc1. The molecule has 2 heterocycles. The van der Waals surface area contributed by atoms with Crippen LogP contribution in [0, 0.1) is 12.8 Å². The molecule has 0 radical (unpaired) electrons. The Morgan fingerprint density at radius 1 is 1.42 bits per heavy atom. The number of anilines is 1. The van der Waals surface area contributed by atoms with Crippen LogP contribution in [-0.4, -0.2) is 29.6 Å². The number of hydrogen-bond acceptors (Lipinski definition) is 5. The number of nitrogens with one attached hydrogen (secondary N) is 1. The lowest BCUT2D eigenvalue weighted by Crippen LogP contribution is -2.32. The molecule has 1 aromatic carbocycles. The third-order valence-corrected chi connectivity index (χ3v) is 5.64. The van der Waals surface area contributed by atoms with Crippen molar-refractivity contribution in [1.29, 1.82) is 0 Å². The number of thioether (sulfide) groups is 1. The van der Waals surface area contributed by atoms with Crippen molar-refractivity contribution in [2.75, 3.05) is 17.7 Å². The molecule has 0 spiro atoms. The third-order valence-electron chi connectivity index (χ3n) is 3.99. The van der Waals surface area contributed by atoms with Gasteiger partial charge in [0.25, 0.3) is 0 Å². The van der Waals surface area contributed by atoms with Gasteiger partial charge in [0.05, 0.1) is 17.5 Å². The highest BCUT2D eigenvalue weighted by molar-refractivity contribution is 7.98. The number of aromatic nitrogens is 1. The zero-order valence-electron chi connectivity index (χ0n) is 13.6. The Hall–Kier alpha value is -1.86. The van der Waals surface area contributed by atoms with E-state index < -0.39 is 0 Å². The first-order chi connectivity index (χ1) is 11.6. The molecule has 1 aliphatic rings. The summed E-state index contributed by atoms with van der Waals surface area (Å²) in [5.41, 5.74) is 0.853. The Labute approximate surface area is 149 Å². The van der Waals surface area contributed by atoms with Gasteiger partial charge in [0.2, 0.25) is 11.8 Å². The van der Waals surface area contributed by atoms with Crippen molar-refractivity contribution in [2.24, 2.45) is 5.92 Å². The van der Waals surface area contributed by atoms with Crippen molar-refractivity contribution >= 4 is 40.6 Å². The fraction of sp³-hybridized carbons (Fsp3) is 0.353. The molecule has 1 N–H and O–H groups in total. The summed E-state index contributed by atoms with van der Waals surface area (Å²) in [4.78, 5) is 32.6. The summed E-state index contributed by atoms with van der Waals surface area (Å²) in [6.07, 6.45) is 4.05. The second kappa shape index (κ2) is 7.36. The predicted molar refractivity (Wildman–Crippen MR) is 97.4 cm³/mol. The second-order valence-electron chi connectivity index (χ2n) is 5.67. The first-order valence-corrected chi connectivity index (χ1v) is 9.74. The summed E-state index contributed by atoms with van der Waals surface area (Å²) in [6, 6.07) is 7.85. The van der Waals surface area contributed by atoms with Crippen LogP contribution in [0.4, 0.5) is 5.69 Å². The highest BCUT2D eigenvalue weighted by Crippen LogP contribution is 2.27. The van der Waals surface area contributed by atoms with Gasteiger partial charge in [-0.15, -0.1) is 23.1 Å². The summed E-state index contributed by atoms with van der Waals surface area (Å²) < 4.78 is 0. The second-order valence-corrected chi connectivity index (χ2v) is 7.87. The highest BCUT2D eigenvalue weighted by Gasteiger charge is 2.35. The van der Waals surface area contributed by atoms with E-state index in [9.17, 15) is 9.59 Å². The van der Waals surface area contributed by atoms with Crippen LogP contribution in [0.1, 0.15) is 16.3 Å². The van der Waals surface area contributed by atoms with Crippen LogP contribution in [0.3, 0.4) is 0 Å². The zero-order chi connectivity index (χ0) is 17.1. The first-order valence-electron chi connectivity index (χ1n) is 7.70. The van der Waals surface area contributed by atoms with Crippen LogP contribution < -0.4 is 10.2 Å². The van der Waals surface area contributed by atoms with Gasteiger partial charge in [0, 0.05) is 34.6 Å². The summed E-state index contributed by atoms with van der Waals surface area (Å²) in [6.45, 7) is 2.84. The van der Waals surface area contributed by atoms with E-state index in [4.69, 9.17) is 0 Å². The van der Waals surface area contributed by atoms with E-state index in [0.717, 1.165) is 20.5 Å². The fourth-order valence-corrected chi connectivity index (χ4v) is 3.84. The average Bonchev–Trinajstić information content (AvgIpc) is 3.18. The third kappa shape index (κ3) is 3.79. The molecular formula is C17H19N3O2S2. The van der Waals surface area contributed by atoms with Crippen LogP contribution in [0.2, 0.25) is 0 Å². The summed E-state index contributed by atoms with van der Waals surface area (Å²) >= 11 is 3.23. The molecule has 7 heteroatoms. The number of amides is 2. The molecule has 1 atom stereocenters. The molecule has 1 aliphatic heterocycles. The number of thiazole rings is 1. The van der Waals surface area contributed by atoms with Crippen molar-refractivity contribution < 1.29 is 9.59 Å². The molecule has 24 heavy (non-hydrogen) atoms. The maximum Gasteiger partial charge on any atom is 0.227 e. The van der Waals surface area contributed by atoms with Gasteiger partial charge >= 0.3 is 0 Å². The molecule has 5 nitrogen and oxygen atoms in total. The van der Waals surface area contributed by atoms with E-state index in [2.05, 4.69) is 10.3 Å². The molecule has 2 aromatic rings. The van der Waals surface area contributed by atoms with Crippen LogP contribution in [0.5, 0.6) is 0 Å².